The van der Waals surface area contributed by atoms with Crippen molar-refractivity contribution in [3.63, 3.8) is 0 Å². The zero-order valence-electron chi connectivity index (χ0n) is 17.3. The minimum Gasteiger partial charge on any atom is -0.378 e. The molecule has 1 aromatic carbocycles. The van der Waals surface area contributed by atoms with E-state index >= 15 is 0 Å². The Hall–Kier alpha value is -1.72. The van der Waals surface area contributed by atoms with E-state index in [1.165, 1.54) is 4.90 Å². The molecule has 1 N–H and O–H groups in total. The standard InChI is InChI=1S/C20H24ClN3O5S2/c1-12-15-11-14(21)3-4-17(15)30-20(12)31(27,28)22-16-5-6-24(19(16)26)13(2)18(25)23-7-9-29-10-8-23/h3-4,11,13,16,22H,5-10H2,1-2H3. The predicted molar refractivity (Wildman–Crippen MR) is 119 cm³/mol. The monoisotopic (exact) mass is 485 g/mol. The molecule has 2 aromatic rings. The van der Waals surface area contributed by atoms with Crippen LogP contribution in [0.3, 0.4) is 0 Å². The molecular weight excluding hydrogens is 462 g/mol. The van der Waals surface area contributed by atoms with Crippen LogP contribution in [0.1, 0.15) is 18.9 Å². The van der Waals surface area contributed by atoms with Crippen LogP contribution >= 0.6 is 22.9 Å². The molecule has 2 atom stereocenters. The average Bonchev–Trinajstić information content (AvgIpc) is 3.27. The molecule has 0 bridgehead atoms. The van der Waals surface area contributed by atoms with Crippen molar-refractivity contribution in [2.75, 3.05) is 32.8 Å². The zero-order chi connectivity index (χ0) is 22.3. The first-order valence-electron chi connectivity index (χ1n) is 10.1. The van der Waals surface area contributed by atoms with Gasteiger partial charge in [0.15, 0.2) is 0 Å². The maximum atomic E-state index is 13.1. The molecule has 2 unspecified atom stereocenters. The van der Waals surface area contributed by atoms with Crippen LogP contribution in [0.2, 0.25) is 5.02 Å². The van der Waals surface area contributed by atoms with Gasteiger partial charge in [-0.05, 0) is 49.4 Å². The van der Waals surface area contributed by atoms with Crippen molar-refractivity contribution >= 4 is 54.9 Å². The molecule has 3 heterocycles. The maximum Gasteiger partial charge on any atom is 0.251 e. The lowest BCUT2D eigenvalue weighted by Crippen LogP contribution is -2.52. The third-order valence-electron chi connectivity index (χ3n) is 5.78. The Morgan fingerprint density at radius 2 is 2.00 bits per heavy atom. The highest BCUT2D eigenvalue weighted by atomic mass is 35.5. The molecule has 1 aromatic heterocycles. The fourth-order valence-corrected chi connectivity index (χ4v) is 7.20. The second-order valence-corrected chi connectivity index (χ2v) is 11.2. The minimum atomic E-state index is -3.91. The highest BCUT2D eigenvalue weighted by Gasteiger charge is 2.40. The fourth-order valence-electron chi connectivity index (χ4n) is 4.04. The number of halogens is 1. The van der Waals surface area contributed by atoms with E-state index in [-0.39, 0.29) is 16.0 Å². The van der Waals surface area contributed by atoms with Gasteiger partial charge in [-0.15, -0.1) is 11.3 Å². The molecular formula is C20H24ClN3O5S2. The van der Waals surface area contributed by atoms with Gasteiger partial charge < -0.3 is 14.5 Å². The van der Waals surface area contributed by atoms with Crippen molar-refractivity contribution < 1.29 is 22.7 Å². The molecule has 0 aliphatic carbocycles. The third kappa shape index (κ3) is 4.31. The molecule has 2 amide bonds. The Bertz CT molecular complexity index is 1130. The summed E-state index contributed by atoms with van der Waals surface area (Å²) in [4.78, 5) is 28.8. The smallest absolute Gasteiger partial charge is 0.251 e. The van der Waals surface area contributed by atoms with Crippen LogP contribution in [-0.2, 0) is 24.3 Å². The van der Waals surface area contributed by atoms with Crippen LogP contribution in [0.15, 0.2) is 22.4 Å². The number of rotatable bonds is 5. The number of sulfonamides is 1. The molecule has 31 heavy (non-hydrogen) atoms. The molecule has 4 rings (SSSR count). The topological polar surface area (TPSA) is 96.0 Å². The third-order valence-corrected chi connectivity index (χ3v) is 9.38. The van der Waals surface area contributed by atoms with Crippen LogP contribution in [0.4, 0.5) is 0 Å². The Morgan fingerprint density at radius 3 is 2.71 bits per heavy atom. The van der Waals surface area contributed by atoms with E-state index in [9.17, 15) is 18.0 Å². The number of aryl methyl sites for hydroxylation is 1. The van der Waals surface area contributed by atoms with Crippen LogP contribution in [0, 0.1) is 6.92 Å². The van der Waals surface area contributed by atoms with Crippen molar-refractivity contribution in [3.05, 3.63) is 28.8 Å². The van der Waals surface area contributed by atoms with Gasteiger partial charge in [-0.1, -0.05) is 11.6 Å². The van der Waals surface area contributed by atoms with Crippen LogP contribution in [0.5, 0.6) is 0 Å². The van der Waals surface area contributed by atoms with Crippen LogP contribution in [-0.4, -0.2) is 75.0 Å². The first-order chi connectivity index (χ1) is 14.7. The van der Waals surface area contributed by atoms with Crippen molar-refractivity contribution in [2.24, 2.45) is 0 Å². The maximum absolute atomic E-state index is 13.1. The van der Waals surface area contributed by atoms with Gasteiger partial charge >= 0.3 is 0 Å². The number of hydrogen-bond acceptors (Lipinski definition) is 6. The summed E-state index contributed by atoms with van der Waals surface area (Å²) < 4.78 is 35.0. The van der Waals surface area contributed by atoms with Gasteiger partial charge in [0.2, 0.25) is 11.8 Å². The SMILES string of the molecule is Cc1c(S(=O)(=O)NC2CCN(C(C)C(=O)N3CCOCC3)C2=O)sc2ccc(Cl)cc12. The molecule has 0 radical (unpaired) electrons. The van der Waals surface area contributed by atoms with Crippen molar-refractivity contribution in [3.8, 4) is 0 Å². The first-order valence-corrected chi connectivity index (χ1v) is 12.7. The number of fused-ring (bicyclic) bond motifs is 1. The van der Waals surface area contributed by atoms with E-state index in [0.29, 0.717) is 49.9 Å². The second-order valence-electron chi connectivity index (χ2n) is 7.76. The van der Waals surface area contributed by atoms with E-state index in [1.54, 1.807) is 36.9 Å². The summed E-state index contributed by atoms with van der Waals surface area (Å²) in [6, 6.07) is 3.71. The van der Waals surface area contributed by atoms with E-state index in [4.69, 9.17) is 16.3 Å². The van der Waals surface area contributed by atoms with E-state index in [0.717, 1.165) is 21.4 Å². The van der Waals surface area contributed by atoms with Crippen molar-refractivity contribution in [1.29, 1.82) is 0 Å². The summed E-state index contributed by atoms with van der Waals surface area (Å²) in [5, 5.41) is 1.31. The molecule has 0 spiro atoms. The van der Waals surface area contributed by atoms with Crippen molar-refractivity contribution in [1.82, 2.24) is 14.5 Å². The Labute approximate surface area is 190 Å². The number of likely N-dealkylation sites (tertiary alicyclic amines) is 1. The number of nitrogens with zero attached hydrogens (tertiary/aromatic N) is 2. The first kappa shape index (κ1) is 22.5. The summed E-state index contributed by atoms with van der Waals surface area (Å²) in [5.41, 5.74) is 0.605. The molecule has 2 aliphatic heterocycles. The lowest BCUT2D eigenvalue weighted by Gasteiger charge is -2.32. The second kappa shape index (κ2) is 8.67. The van der Waals surface area contributed by atoms with Crippen LogP contribution < -0.4 is 4.72 Å². The van der Waals surface area contributed by atoms with E-state index < -0.39 is 22.1 Å². The number of nitrogens with one attached hydrogen (secondary N) is 1. The Morgan fingerprint density at radius 1 is 1.29 bits per heavy atom. The number of carbonyl (C=O) groups excluding carboxylic acids is 2. The normalized spacial score (nSPS) is 21.1. The lowest BCUT2D eigenvalue weighted by molar-refractivity contribution is -0.146. The molecule has 0 saturated carbocycles. The van der Waals surface area contributed by atoms with E-state index in [1.807, 2.05) is 0 Å². The Kier molecular flexibility index (Phi) is 6.28. The number of amides is 2. The fraction of sp³-hybridized carbons (Fsp3) is 0.500. The van der Waals surface area contributed by atoms with Gasteiger partial charge in [0.25, 0.3) is 10.0 Å². The number of benzene rings is 1. The number of carbonyl (C=O) groups is 2. The summed E-state index contributed by atoms with van der Waals surface area (Å²) >= 11 is 7.20. The highest BCUT2D eigenvalue weighted by molar-refractivity contribution is 7.91. The van der Waals surface area contributed by atoms with Gasteiger partial charge in [0.1, 0.15) is 16.3 Å². The highest BCUT2D eigenvalue weighted by Crippen LogP contribution is 2.35. The Balaban J connectivity index is 1.49. The summed E-state index contributed by atoms with van der Waals surface area (Å²) in [7, 11) is -3.91. The predicted octanol–water partition coefficient (Wildman–Crippen LogP) is 1.99. The van der Waals surface area contributed by atoms with Crippen molar-refractivity contribution in [2.45, 2.75) is 36.6 Å². The summed E-state index contributed by atoms with van der Waals surface area (Å²) in [6.07, 6.45) is 0.314. The average molecular weight is 486 g/mol. The minimum absolute atomic E-state index is 0.141. The van der Waals surface area contributed by atoms with Gasteiger partial charge in [0, 0.05) is 29.4 Å². The number of ether oxygens (including phenoxy) is 1. The van der Waals surface area contributed by atoms with Gasteiger partial charge in [-0.3, -0.25) is 9.59 Å². The molecule has 11 heteroatoms. The number of hydrogen-bond donors (Lipinski definition) is 1. The number of thiophene rings is 1. The van der Waals surface area contributed by atoms with Gasteiger partial charge in [0.05, 0.1) is 13.2 Å². The number of morpholine rings is 1. The van der Waals surface area contributed by atoms with E-state index in [2.05, 4.69) is 4.72 Å². The molecule has 2 saturated heterocycles. The molecule has 168 valence electrons. The molecule has 2 fully saturated rings. The van der Waals surface area contributed by atoms with Gasteiger partial charge in [-0.25, -0.2) is 8.42 Å². The quantitative estimate of drug-likeness (QED) is 0.698. The molecule has 2 aliphatic rings. The lowest BCUT2D eigenvalue weighted by atomic mass is 10.2. The largest absolute Gasteiger partial charge is 0.378 e. The zero-order valence-corrected chi connectivity index (χ0v) is 19.6. The van der Waals surface area contributed by atoms with Crippen LogP contribution in [0.25, 0.3) is 10.1 Å². The summed E-state index contributed by atoms with van der Waals surface area (Å²) in [5.74, 6) is -0.517. The summed E-state index contributed by atoms with van der Waals surface area (Å²) in [6.45, 7) is 5.70. The molecule has 8 nitrogen and oxygen atoms in total. The van der Waals surface area contributed by atoms with Gasteiger partial charge in [-0.2, -0.15) is 4.72 Å².